The van der Waals surface area contributed by atoms with Gasteiger partial charge in [-0.2, -0.15) is 0 Å². The summed E-state index contributed by atoms with van der Waals surface area (Å²) in [6.07, 6.45) is 11.9. The van der Waals surface area contributed by atoms with E-state index in [-0.39, 0.29) is 0 Å². The van der Waals surface area contributed by atoms with Crippen molar-refractivity contribution in [3.8, 4) is 0 Å². The first kappa shape index (κ1) is 11.6. The van der Waals surface area contributed by atoms with Crippen molar-refractivity contribution >= 4 is 0 Å². The topological polar surface area (TPSA) is 29.9 Å². The van der Waals surface area contributed by atoms with Crippen LogP contribution >= 0.6 is 0 Å². The zero-order valence-electron chi connectivity index (χ0n) is 10.3. The molecule has 1 aliphatic carbocycles. The van der Waals surface area contributed by atoms with Crippen LogP contribution in [0.15, 0.2) is 12.5 Å². The Balaban J connectivity index is 1.71. The molecule has 1 heterocycles. The van der Waals surface area contributed by atoms with Crippen LogP contribution < -0.4 is 5.32 Å². The highest BCUT2D eigenvalue weighted by Crippen LogP contribution is 2.19. The predicted molar refractivity (Wildman–Crippen MR) is 66.2 cm³/mol. The normalized spacial score (nSPS) is 15.6. The van der Waals surface area contributed by atoms with Crippen LogP contribution in [0.2, 0.25) is 0 Å². The molecule has 1 N–H and O–H groups in total. The maximum atomic E-state index is 4.24. The van der Waals surface area contributed by atoms with Gasteiger partial charge in [0.15, 0.2) is 0 Å². The summed E-state index contributed by atoms with van der Waals surface area (Å²) < 4.78 is 2.30. The number of imidazole rings is 1. The van der Waals surface area contributed by atoms with Gasteiger partial charge in [-0.3, -0.25) is 0 Å². The van der Waals surface area contributed by atoms with Crippen molar-refractivity contribution < 1.29 is 0 Å². The summed E-state index contributed by atoms with van der Waals surface area (Å²) >= 11 is 0. The molecule has 1 aromatic heterocycles. The average molecular weight is 221 g/mol. The molecule has 0 unspecified atom stereocenters. The lowest BCUT2D eigenvalue weighted by Gasteiger charge is -2.08. The zero-order valence-corrected chi connectivity index (χ0v) is 10.3. The first-order chi connectivity index (χ1) is 7.90. The highest BCUT2D eigenvalue weighted by atomic mass is 15.1. The van der Waals surface area contributed by atoms with Gasteiger partial charge in [0.05, 0.1) is 12.0 Å². The predicted octanol–water partition coefficient (Wildman–Crippen LogP) is 2.72. The summed E-state index contributed by atoms with van der Waals surface area (Å²) in [5, 5.41) is 3.54. The van der Waals surface area contributed by atoms with Crippen molar-refractivity contribution in [2.24, 2.45) is 0 Å². The van der Waals surface area contributed by atoms with Crippen LogP contribution in [-0.2, 0) is 13.1 Å². The molecule has 0 aliphatic heterocycles. The lowest BCUT2D eigenvalue weighted by Crippen LogP contribution is -2.18. The van der Waals surface area contributed by atoms with E-state index < -0.39 is 0 Å². The Morgan fingerprint density at radius 2 is 2.25 bits per heavy atom. The Kier molecular flexibility index (Phi) is 4.40. The SMILES string of the molecule is CCCCCCn1cncc1CNC1CC1. The first-order valence-corrected chi connectivity index (χ1v) is 6.62. The summed E-state index contributed by atoms with van der Waals surface area (Å²) in [7, 11) is 0. The Morgan fingerprint density at radius 3 is 3.00 bits per heavy atom. The number of nitrogens with one attached hydrogen (secondary N) is 1. The number of aryl methyl sites for hydroxylation is 1. The molecule has 0 amide bonds. The molecular weight excluding hydrogens is 198 g/mol. The van der Waals surface area contributed by atoms with Gasteiger partial charge >= 0.3 is 0 Å². The van der Waals surface area contributed by atoms with E-state index in [1.807, 2.05) is 12.5 Å². The van der Waals surface area contributed by atoms with Crippen LogP contribution in [-0.4, -0.2) is 15.6 Å². The van der Waals surface area contributed by atoms with E-state index in [0.717, 1.165) is 19.1 Å². The van der Waals surface area contributed by atoms with Gasteiger partial charge in [0.2, 0.25) is 0 Å². The number of hydrogen-bond acceptors (Lipinski definition) is 2. The van der Waals surface area contributed by atoms with Crippen molar-refractivity contribution in [3.05, 3.63) is 18.2 Å². The van der Waals surface area contributed by atoms with Gasteiger partial charge in [-0.15, -0.1) is 0 Å². The summed E-state index contributed by atoms with van der Waals surface area (Å²) in [4.78, 5) is 4.24. The molecule has 1 aliphatic rings. The molecule has 0 spiro atoms. The molecule has 1 aromatic rings. The third kappa shape index (κ3) is 3.63. The van der Waals surface area contributed by atoms with E-state index in [0.29, 0.717) is 0 Å². The highest BCUT2D eigenvalue weighted by molar-refractivity contribution is 4.99. The van der Waals surface area contributed by atoms with Gasteiger partial charge in [-0.25, -0.2) is 4.98 Å². The molecular formula is C13H23N3. The maximum absolute atomic E-state index is 4.24. The summed E-state index contributed by atoms with van der Waals surface area (Å²) in [5.41, 5.74) is 1.34. The molecule has 16 heavy (non-hydrogen) atoms. The van der Waals surface area contributed by atoms with E-state index in [1.165, 1.54) is 44.2 Å². The molecule has 0 atom stereocenters. The molecule has 2 rings (SSSR count). The number of hydrogen-bond donors (Lipinski definition) is 1. The molecule has 0 saturated heterocycles. The fourth-order valence-electron chi connectivity index (χ4n) is 1.94. The van der Waals surface area contributed by atoms with Crippen LogP contribution in [0.4, 0.5) is 0 Å². The average Bonchev–Trinajstić information content (AvgIpc) is 3.02. The second-order valence-electron chi connectivity index (χ2n) is 4.79. The fraction of sp³-hybridized carbons (Fsp3) is 0.769. The molecule has 0 aromatic carbocycles. The smallest absolute Gasteiger partial charge is 0.0948 e. The quantitative estimate of drug-likeness (QED) is 0.684. The molecule has 90 valence electrons. The minimum Gasteiger partial charge on any atom is -0.333 e. The lowest BCUT2D eigenvalue weighted by molar-refractivity contribution is 0.552. The Bertz CT molecular complexity index is 302. The molecule has 1 saturated carbocycles. The van der Waals surface area contributed by atoms with Crippen LogP contribution in [0.5, 0.6) is 0 Å². The fourth-order valence-corrected chi connectivity index (χ4v) is 1.94. The zero-order chi connectivity index (χ0) is 11.2. The number of rotatable bonds is 8. The summed E-state index contributed by atoms with van der Waals surface area (Å²) in [6.45, 7) is 4.36. The Hall–Kier alpha value is -0.830. The van der Waals surface area contributed by atoms with Crippen molar-refractivity contribution in [3.63, 3.8) is 0 Å². The minimum atomic E-state index is 0.781. The largest absolute Gasteiger partial charge is 0.333 e. The monoisotopic (exact) mass is 221 g/mol. The van der Waals surface area contributed by atoms with E-state index in [1.54, 1.807) is 0 Å². The summed E-state index contributed by atoms with van der Waals surface area (Å²) in [5.74, 6) is 0. The van der Waals surface area contributed by atoms with E-state index >= 15 is 0 Å². The van der Waals surface area contributed by atoms with Crippen molar-refractivity contribution in [2.75, 3.05) is 0 Å². The first-order valence-electron chi connectivity index (χ1n) is 6.62. The number of aromatic nitrogens is 2. The van der Waals surface area contributed by atoms with E-state index in [9.17, 15) is 0 Å². The van der Waals surface area contributed by atoms with Crippen LogP contribution in [0.3, 0.4) is 0 Å². The number of unbranched alkanes of at least 4 members (excludes halogenated alkanes) is 3. The van der Waals surface area contributed by atoms with Crippen molar-refractivity contribution in [1.29, 1.82) is 0 Å². The third-order valence-corrected chi connectivity index (χ3v) is 3.20. The van der Waals surface area contributed by atoms with Gasteiger partial charge < -0.3 is 9.88 Å². The molecule has 0 bridgehead atoms. The third-order valence-electron chi connectivity index (χ3n) is 3.20. The number of nitrogens with zero attached hydrogens (tertiary/aromatic N) is 2. The molecule has 0 radical (unpaired) electrons. The molecule has 3 nitrogen and oxygen atoms in total. The highest BCUT2D eigenvalue weighted by Gasteiger charge is 2.20. The van der Waals surface area contributed by atoms with Gasteiger partial charge in [-0.1, -0.05) is 26.2 Å². The van der Waals surface area contributed by atoms with Crippen LogP contribution in [0.1, 0.15) is 51.1 Å². The van der Waals surface area contributed by atoms with E-state index in [2.05, 4.69) is 21.8 Å². The van der Waals surface area contributed by atoms with Gasteiger partial charge in [0.1, 0.15) is 0 Å². The summed E-state index contributed by atoms with van der Waals surface area (Å²) in [6, 6.07) is 0.781. The minimum absolute atomic E-state index is 0.781. The van der Waals surface area contributed by atoms with Crippen LogP contribution in [0, 0.1) is 0 Å². The Morgan fingerprint density at radius 1 is 1.38 bits per heavy atom. The van der Waals surface area contributed by atoms with Gasteiger partial charge in [0, 0.05) is 25.3 Å². The van der Waals surface area contributed by atoms with Gasteiger partial charge in [0.25, 0.3) is 0 Å². The second-order valence-corrected chi connectivity index (χ2v) is 4.79. The maximum Gasteiger partial charge on any atom is 0.0948 e. The van der Waals surface area contributed by atoms with Gasteiger partial charge in [-0.05, 0) is 19.3 Å². The molecule has 3 heteroatoms. The second kappa shape index (κ2) is 6.04. The Labute approximate surface area is 98.3 Å². The van der Waals surface area contributed by atoms with Crippen molar-refractivity contribution in [2.45, 2.75) is 64.6 Å². The molecule has 1 fully saturated rings. The van der Waals surface area contributed by atoms with Crippen LogP contribution in [0.25, 0.3) is 0 Å². The lowest BCUT2D eigenvalue weighted by atomic mass is 10.2. The standard InChI is InChI=1S/C13H23N3/c1-2-3-4-5-8-16-11-14-9-13(16)10-15-12-6-7-12/h9,11-12,15H,2-8,10H2,1H3. The van der Waals surface area contributed by atoms with E-state index in [4.69, 9.17) is 0 Å². The van der Waals surface area contributed by atoms with Crippen molar-refractivity contribution in [1.82, 2.24) is 14.9 Å².